The fourth-order valence-corrected chi connectivity index (χ4v) is 2.66. The number of carbonyl (C=O) groups is 1. The quantitative estimate of drug-likeness (QED) is 0.728. The second-order valence-electron chi connectivity index (χ2n) is 5.08. The predicted molar refractivity (Wildman–Crippen MR) is 91.9 cm³/mol. The maximum absolute atomic E-state index is 12.9. The average Bonchev–Trinajstić information content (AvgIpc) is 2.51. The van der Waals surface area contributed by atoms with E-state index in [1.807, 2.05) is 60.4 Å². The summed E-state index contributed by atoms with van der Waals surface area (Å²) in [6.07, 6.45) is 2.05. The molecule has 0 bridgehead atoms. The lowest BCUT2D eigenvalue weighted by Crippen LogP contribution is -2.32. The van der Waals surface area contributed by atoms with Crippen molar-refractivity contribution in [2.45, 2.75) is 26.7 Å². The Bertz CT molecular complexity index is 610. The molecule has 3 heteroatoms. The average molecular weight is 346 g/mol. The van der Waals surface area contributed by atoms with Crippen molar-refractivity contribution in [3.8, 4) is 0 Å². The van der Waals surface area contributed by atoms with Crippen LogP contribution in [0, 0.1) is 6.92 Å². The summed E-state index contributed by atoms with van der Waals surface area (Å²) in [6.45, 7) is 4.87. The number of hydrogen-bond donors (Lipinski definition) is 0. The van der Waals surface area contributed by atoms with Crippen LogP contribution < -0.4 is 4.90 Å². The molecule has 1 amide bonds. The summed E-state index contributed by atoms with van der Waals surface area (Å²) in [7, 11) is 0. The molecule has 0 aliphatic carbocycles. The first-order valence-electron chi connectivity index (χ1n) is 7.27. The van der Waals surface area contributed by atoms with E-state index in [4.69, 9.17) is 0 Å². The van der Waals surface area contributed by atoms with Crippen molar-refractivity contribution in [2.75, 3.05) is 11.4 Å². The van der Waals surface area contributed by atoms with Crippen molar-refractivity contribution in [1.82, 2.24) is 0 Å². The molecule has 0 aliphatic rings. The van der Waals surface area contributed by atoms with Gasteiger partial charge in [-0.05, 0) is 53.0 Å². The van der Waals surface area contributed by atoms with Gasteiger partial charge in [-0.3, -0.25) is 4.79 Å². The minimum atomic E-state index is 0.0465. The molecule has 0 saturated carbocycles. The van der Waals surface area contributed by atoms with Crippen molar-refractivity contribution >= 4 is 27.5 Å². The highest BCUT2D eigenvalue weighted by Gasteiger charge is 2.19. The van der Waals surface area contributed by atoms with Gasteiger partial charge >= 0.3 is 0 Å². The molecule has 0 aromatic heterocycles. The van der Waals surface area contributed by atoms with E-state index in [9.17, 15) is 4.79 Å². The van der Waals surface area contributed by atoms with Crippen molar-refractivity contribution in [3.05, 3.63) is 64.1 Å². The van der Waals surface area contributed by atoms with Crippen molar-refractivity contribution in [3.63, 3.8) is 0 Å². The largest absolute Gasteiger partial charge is 0.308 e. The SMILES string of the molecule is CCCCN(C(=O)c1cccc(C)c1Br)c1ccccc1. The summed E-state index contributed by atoms with van der Waals surface area (Å²) in [4.78, 5) is 14.8. The lowest BCUT2D eigenvalue weighted by Gasteiger charge is -2.23. The predicted octanol–water partition coefficient (Wildman–Crippen LogP) is 5.20. The smallest absolute Gasteiger partial charge is 0.259 e. The van der Waals surface area contributed by atoms with E-state index in [2.05, 4.69) is 22.9 Å². The third-order valence-corrected chi connectivity index (χ3v) is 4.52. The Kier molecular flexibility index (Phi) is 5.57. The lowest BCUT2D eigenvalue weighted by atomic mass is 10.1. The Morgan fingerprint density at radius 3 is 2.48 bits per heavy atom. The van der Waals surface area contributed by atoms with E-state index in [1.165, 1.54) is 0 Å². The van der Waals surface area contributed by atoms with Crippen LogP contribution in [0.25, 0.3) is 0 Å². The topological polar surface area (TPSA) is 20.3 Å². The van der Waals surface area contributed by atoms with Gasteiger partial charge in [-0.15, -0.1) is 0 Å². The first-order valence-corrected chi connectivity index (χ1v) is 8.06. The standard InChI is InChI=1S/C18H20BrNO/c1-3-4-13-20(15-10-6-5-7-11-15)18(21)16-12-8-9-14(2)17(16)19/h5-12H,3-4,13H2,1-2H3. The third-order valence-electron chi connectivity index (χ3n) is 3.47. The number of para-hydroxylation sites is 1. The Hall–Kier alpha value is -1.61. The second-order valence-corrected chi connectivity index (χ2v) is 5.88. The second kappa shape index (κ2) is 7.41. The monoisotopic (exact) mass is 345 g/mol. The molecule has 0 N–H and O–H groups in total. The Labute approximate surface area is 134 Å². The zero-order valence-electron chi connectivity index (χ0n) is 12.5. The summed E-state index contributed by atoms with van der Waals surface area (Å²) >= 11 is 3.54. The Morgan fingerprint density at radius 1 is 1.10 bits per heavy atom. The van der Waals surface area contributed by atoms with Crippen LogP contribution in [0.3, 0.4) is 0 Å². The number of halogens is 1. The van der Waals surface area contributed by atoms with E-state index in [-0.39, 0.29) is 5.91 Å². The van der Waals surface area contributed by atoms with Crippen LogP contribution in [0.5, 0.6) is 0 Å². The number of rotatable bonds is 5. The van der Waals surface area contributed by atoms with E-state index < -0.39 is 0 Å². The summed E-state index contributed by atoms with van der Waals surface area (Å²) in [5, 5.41) is 0. The summed E-state index contributed by atoms with van der Waals surface area (Å²) < 4.78 is 0.882. The third kappa shape index (κ3) is 3.73. The maximum atomic E-state index is 12.9. The minimum Gasteiger partial charge on any atom is -0.308 e. The van der Waals surface area contributed by atoms with Crippen molar-refractivity contribution < 1.29 is 4.79 Å². The van der Waals surface area contributed by atoms with Gasteiger partial charge in [-0.2, -0.15) is 0 Å². The highest BCUT2D eigenvalue weighted by atomic mass is 79.9. The summed E-state index contributed by atoms with van der Waals surface area (Å²) in [5.74, 6) is 0.0465. The first kappa shape index (κ1) is 15.8. The molecule has 110 valence electrons. The van der Waals surface area contributed by atoms with Crippen LogP contribution in [0.4, 0.5) is 5.69 Å². The van der Waals surface area contributed by atoms with Gasteiger partial charge < -0.3 is 4.90 Å². The lowest BCUT2D eigenvalue weighted by molar-refractivity contribution is 0.0985. The number of hydrogen-bond acceptors (Lipinski definition) is 1. The highest BCUT2D eigenvalue weighted by Crippen LogP contribution is 2.25. The molecule has 0 saturated heterocycles. The van der Waals surface area contributed by atoms with Crippen LogP contribution in [0.1, 0.15) is 35.7 Å². The van der Waals surface area contributed by atoms with Crippen LogP contribution >= 0.6 is 15.9 Å². The fourth-order valence-electron chi connectivity index (χ4n) is 2.23. The normalized spacial score (nSPS) is 10.4. The molecule has 2 aromatic carbocycles. The van der Waals surface area contributed by atoms with Gasteiger partial charge in [0.1, 0.15) is 0 Å². The van der Waals surface area contributed by atoms with Crippen molar-refractivity contribution in [1.29, 1.82) is 0 Å². The molecule has 0 aliphatic heterocycles. The molecule has 2 nitrogen and oxygen atoms in total. The number of anilines is 1. The van der Waals surface area contributed by atoms with Crippen LogP contribution in [-0.4, -0.2) is 12.5 Å². The Morgan fingerprint density at radius 2 is 1.81 bits per heavy atom. The van der Waals surface area contributed by atoms with E-state index in [0.29, 0.717) is 0 Å². The molecule has 0 unspecified atom stereocenters. The van der Waals surface area contributed by atoms with Crippen LogP contribution in [-0.2, 0) is 0 Å². The van der Waals surface area contributed by atoms with Gasteiger partial charge in [0, 0.05) is 16.7 Å². The van der Waals surface area contributed by atoms with Gasteiger partial charge in [0.2, 0.25) is 0 Å². The number of carbonyl (C=O) groups excluding carboxylic acids is 1. The molecule has 0 atom stereocenters. The van der Waals surface area contributed by atoms with E-state index >= 15 is 0 Å². The molecular formula is C18H20BrNO. The molecule has 0 heterocycles. The summed E-state index contributed by atoms with van der Waals surface area (Å²) in [6, 6.07) is 15.7. The molecule has 21 heavy (non-hydrogen) atoms. The molecule has 0 spiro atoms. The minimum absolute atomic E-state index is 0.0465. The Balaban J connectivity index is 2.36. The van der Waals surface area contributed by atoms with E-state index in [1.54, 1.807) is 0 Å². The van der Waals surface area contributed by atoms with Crippen LogP contribution in [0.15, 0.2) is 53.0 Å². The number of amides is 1. The van der Waals surface area contributed by atoms with Gasteiger partial charge in [-0.1, -0.05) is 43.7 Å². The maximum Gasteiger partial charge on any atom is 0.259 e. The van der Waals surface area contributed by atoms with Gasteiger partial charge in [0.25, 0.3) is 5.91 Å². The highest BCUT2D eigenvalue weighted by molar-refractivity contribution is 9.10. The zero-order chi connectivity index (χ0) is 15.2. The van der Waals surface area contributed by atoms with Gasteiger partial charge in [0.15, 0.2) is 0 Å². The fraction of sp³-hybridized carbons (Fsp3) is 0.278. The number of aryl methyl sites for hydroxylation is 1. The molecular weight excluding hydrogens is 326 g/mol. The molecule has 2 rings (SSSR count). The number of benzene rings is 2. The first-order chi connectivity index (χ1) is 10.1. The zero-order valence-corrected chi connectivity index (χ0v) is 14.1. The van der Waals surface area contributed by atoms with E-state index in [0.717, 1.165) is 40.7 Å². The summed E-state index contributed by atoms with van der Waals surface area (Å²) in [5.41, 5.74) is 2.74. The van der Waals surface area contributed by atoms with Crippen molar-refractivity contribution in [2.24, 2.45) is 0 Å². The number of nitrogens with zero attached hydrogens (tertiary/aromatic N) is 1. The molecule has 0 fully saturated rings. The molecule has 2 aromatic rings. The van der Waals surface area contributed by atoms with Gasteiger partial charge in [-0.25, -0.2) is 0 Å². The van der Waals surface area contributed by atoms with Gasteiger partial charge in [0.05, 0.1) is 5.56 Å². The molecule has 0 radical (unpaired) electrons. The van der Waals surface area contributed by atoms with Crippen LogP contribution in [0.2, 0.25) is 0 Å². The number of unbranched alkanes of at least 4 members (excludes halogenated alkanes) is 1.